The van der Waals surface area contributed by atoms with E-state index in [1.54, 1.807) is 6.92 Å². The van der Waals surface area contributed by atoms with Gasteiger partial charge in [-0.25, -0.2) is 0 Å². The molecule has 0 aliphatic heterocycles. The van der Waals surface area contributed by atoms with Crippen LogP contribution in [0, 0.1) is 0 Å². The number of hydrogen-bond donors (Lipinski definition) is 1. The van der Waals surface area contributed by atoms with Gasteiger partial charge in [0, 0.05) is 13.6 Å². The van der Waals surface area contributed by atoms with Gasteiger partial charge in [-0.3, -0.25) is 0 Å². The standard InChI is InChI=1S/C5H12FNO/c1-5(8)3-4-7(2)6/h5,8H,3-4H2,1-2H3. The molecule has 0 radical (unpaired) electrons. The van der Waals surface area contributed by atoms with Crippen molar-refractivity contribution in [2.24, 2.45) is 0 Å². The van der Waals surface area contributed by atoms with Crippen molar-refractivity contribution in [3.8, 4) is 0 Å². The minimum absolute atomic E-state index is 0.303. The molecule has 0 heterocycles. The molecule has 0 amide bonds. The second-order valence-corrected chi connectivity index (χ2v) is 1.97. The van der Waals surface area contributed by atoms with Crippen LogP contribution in [-0.4, -0.2) is 29.9 Å². The number of aliphatic hydroxyl groups is 1. The number of aliphatic hydroxyl groups excluding tert-OH is 1. The lowest BCUT2D eigenvalue weighted by atomic mass is 10.3. The van der Waals surface area contributed by atoms with Crippen LogP contribution in [0.2, 0.25) is 0 Å². The minimum atomic E-state index is -0.395. The zero-order chi connectivity index (χ0) is 6.57. The van der Waals surface area contributed by atoms with Crippen molar-refractivity contribution in [2.75, 3.05) is 13.6 Å². The Labute approximate surface area is 48.9 Å². The van der Waals surface area contributed by atoms with Gasteiger partial charge < -0.3 is 5.11 Å². The summed E-state index contributed by atoms with van der Waals surface area (Å²) in [6.45, 7) is 1.95. The molecule has 0 rings (SSSR count). The molecule has 8 heavy (non-hydrogen) atoms. The smallest absolute Gasteiger partial charge is 0.0525 e. The van der Waals surface area contributed by atoms with Crippen LogP contribution in [0.25, 0.3) is 0 Å². The normalized spacial score (nSPS) is 14.6. The highest BCUT2D eigenvalue weighted by molar-refractivity contribution is 4.46. The summed E-state index contributed by atoms with van der Waals surface area (Å²) in [5, 5.41) is 9.17. The van der Waals surface area contributed by atoms with Gasteiger partial charge >= 0.3 is 0 Å². The van der Waals surface area contributed by atoms with Crippen molar-refractivity contribution in [1.82, 2.24) is 5.12 Å². The Kier molecular flexibility index (Phi) is 3.73. The van der Waals surface area contributed by atoms with Crippen LogP contribution in [0.15, 0.2) is 0 Å². The van der Waals surface area contributed by atoms with E-state index in [0.717, 1.165) is 0 Å². The first-order chi connectivity index (χ1) is 3.63. The van der Waals surface area contributed by atoms with E-state index in [0.29, 0.717) is 18.1 Å². The molecule has 0 saturated heterocycles. The summed E-state index contributed by atoms with van der Waals surface area (Å²) in [5.41, 5.74) is 0. The SMILES string of the molecule is CC(O)CCN(C)F. The first-order valence-corrected chi connectivity index (χ1v) is 2.68. The summed E-state index contributed by atoms with van der Waals surface area (Å²) in [7, 11) is 1.34. The van der Waals surface area contributed by atoms with Crippen molar-refractivity contribution in [3.05, 3.63) is 0 Å². The van der Waals surface area contributed by atoms with E-state index in [1.807, 2.05) is 0 Å². The Balaban J connectivity index is 2.93. The van der Waals surface area contributed by atoms with E-state index < -0.39 is 6.10 Å². The van der Waals surface area contributed by atoms with E-state index in [9.17, 15) is 4.48 Å². The molecule has 0 aromatic heterocycles. The van der Waals surface area contributed by atoms with E-state index >= 15 is 0 Å². The van der Waals surface area contributed by atoms with Crippen molar-refractivity contribution < 1.29 is 9.59 Å². The van der Waals surface area contributed by atoms with Gasteiger partial charge in [0.15, 0.2) is 0 Å². The van der Waals surface area contributed by atoms with Crippen LogP contribution in [0.3, 0.4) is 0 Å². The second kappa shape index (κ2) is 3.80. The predicted molar refractivity (Wildman–Crippen MR) is 30.0 cm³/mol. The van der Waals surface area contributed by atoms with E-state index in [1.165, 1.54) is 7.05 Å². The van der Waals surface area contributed by atoms with Crippen LogP contribution in [0.5, 0.6) is 0 Å². The van der Waals surface area contributed by atoms with E-state index in [4.69, 9.17) is 5.11 Å². The topological polar surface area (TPSA) is 23.5 Å². The van der Waals surface area contributed by atoms with Gasteiger partial charge in [0.1, 0.15) is 0 Å². The van der Waals surface area contributed by atoms with Gasteiger partial charge in [0.05, 0.1) is 6.10 Å². The molecular weight excluding hydrogens is 109 g/mol. The third-order valence-electron chi connectivity index (χ3n) is 0.855. The van der Waals surface area contributed by atoms with E-state index in [2.05, 4.69) is 0 Å². The first kappa shape index (κ1) is 7.85. The van der Waals surface area contributed by atoms with E-state index in [-0.39, 0.29) is 0 Å². The van der Waals surface area contributed by atoms with Crippen molar-refractivity contribution in [3.63, 3.8) is 0 Å². The van der Waals surface area contributed by atoms with Crippen LogP contribution >= 0.6 is 0 Å². The number of rotatable bonds is 3. The molecule has 0 spiro atoms. The lowest BCUT2D eigenvalue weighted by Crippen LogP contribution is -2.13. The van der Waals surface area contributed by atoms with Crippen LogP contribution in [0.4, 0.5) is 4.48 Å². The van der Waals surface area contributed by atoms with Crippen LogP contribution in [-0.2, 0) is 0 Å². The van der Waals surface area contributed by atoms with Crippen LogP contribution in [0.1, 0.15) is 13.3 Å². The Morgan fingerprint density at radius 3 is 2.38 bits per heavy atom. The monoisotopic (exact) mass is 121 g/mol. The molecule has 50 valence electrons. The maximum Gasteiger partial charge on any atom is 0.0525 e. The van der Waals surface area contributed by atoms with Crippen molar-refractivity contribution >= 4 is 0 Å². The summed E-state index contributed by atoms with van der Waals surface area (Å²) < 4.78 is 11.8. The van der Waals surface area contributed by atoms with Gasteiger partial charge in [-0.05, 0) is 13.3 Å². The van der Waals surface area contributed by atoms with Crippen molar-refractivity contribution in [2.45, 2.75) is 19.4 Å². The molecule has 0 fully saturated rings. The third-order valence-corrected chi connectivity index (χ3v) is 0.855. The predicted octanol–water partition coefficient (Wildman–Crippen LogP) is 0.574. The zero-order valence-electron chi connectivity index (χ0n) is 5.26. The second-order valence-electron chi connectivity index (χ2n) is 1.97. The van der Waals surface area contributed by atoms with Crippen molar-refractivity contribution in [1.29, 1.82) is 0 Å². The Bertz CT molecular complexity index is 48.4. The molecule has 2 nitrogen and oxygen atoms in total. The third kappa shape index (κ3) is 5.85. The molecule has 3 heteroatoms. The number of hydrogen-bond acceptors (Lipinski definition) is 2. The molecule has 0 aliphatic rings. The average molecular weight is 121 g/mol. The van der Waals surface area contributed by atoms with Gasteiger partial charge in [0.2, 0.25) is 0 Å². The highest BCUT2D eigenvalue weighted by atomic mass is 19.2. The summed E-state index contributed by atoms with van der Waals surface area (Å²) in [5.74, 6) is 0. The van der Waals surface area contributed by atoms with Gasteiger partial charge in [-0.2, -0.15) is 0 Å². The fourth-order valence-electron chi connectivity index (χ4n) is 0.365. The highest BCUT2D eigenvalue weighted by Crippen LogP contribution is 1.91. The molecule has 1 atom stereocenters. The molecule has 0 saturated carbocycles. The Morgan fingerprint density at radius 1 is 1.75 bits per heavy atom. The molecule has 1 N–H and O–H groups in total. The summed E-state index contributed by atoms with van der Waals surface area (Å²) in [6.07, 6.45) is 0.0979. The molecule has 0 aromatic rings. The fraction of sp³-hybridized carbons (Fsp3) is 1.00. The Hall–Kier alpha value is -0.150. The van der Waals surface area contributed by atoms with Gasteiger partial charge in [-0.15, -0.1) is 9.60 Å². The first-order valence-electron chi connectivity index (χ1n) is 2.68. The quantitative estimate of drug-likeness (QED) is 0.552. The molecule has 0 aromatic carbocycles. The summed E-state index contributed by atoms with van der Waals surface area (Å²) in [4.78, 5) is 0. The highest BCUT2D eigenvalue weighted by Gasteiger charge is 1.97. The number of nitrogens with zero attached hydrogens (tertiary/aromatic N) is 1. The number of halogens is 1. The minimum Gasteiger partial charge on any atom is -0.393 e. The lowest BCUT2D eigenvalue weighted by Gasteiger charge is -2.05. The van der Waals surface area contributed by atoms with Gasteiger partial charge in [0.25, 0.3) is 0 Å². The average Bonchev–Trinajstić information content (AvgIpc) is 1.61. The summed E-state index contributed by atoms with van der Waals surface area (Å²) >= 11 is 0. The molecular formula is C5H12FNO. The molecule has 0 bridgehead atoms. The summed E-state index contributed by atoms with van der Waals surface area (Å²) in [6, 6.07) is 0. The fourth-order valence-corrected chi connectivity index (χ4v) is 0.365. The molecule has 0 aliphatic carbocycles. The maximum atomic E-state index is 11.8. The zero-order valence-corrected chi connectivity index (χ0v) is 5.26. The lowest BCUT2D eigenvalue weighted by molar-refractivity contribution is 0.0416. The Morgan fingerprint density at radius 2 is 2.25 bits per heavy atom. The largest absolute Gasteiger partial charge is 0.393 e. The molecule has 1 unspecified atom stereocenters. The van der Waals surface area contributed by atoms with Gasteiger partial charge in [-0.1, -0.05) is 0 Å². The van der Waals surface area contributed by atoms with Crippen LogP contribution < -0.4 is 0 Å². The maximum absolute atomic E-state index is 11.8.